The molecule has 1 aromatic heterocycles. The maximum absolute atomic E-state index is 5.74. The van der Waals surface area contributed by atoms with Crippen LogP contribution in [-0.2, 0) is 6.54 Å². The van der Waals surface area contributed by atoms with Crippen molar-refractivity contribution in [1.82, 2.24) is 4.98 Å². The predicted molar refractivity (Wildman–Crippen MR) is 79.7 cm³/mol. The lowest BCUT2D eigenvalue weighted by atomic mass is 10.1. The molecular formula is C15H21N3O. The zero-order valence-corrected chi connectivity index (χ0v) is 12.0. The lowest BCUT2D eigenvalue weighted by molar-refractivity contribution is 0.243. The van der Waals surface area contributed by atoms with Crippen molar-refractivity contribution in [3.63, 3.8) is 0 Å². The van der Waals surface area contributed by atoms with Gasteiger partial charge in [0.15, 0.2) is 0 Å². The van der Waals surface area contributed by atoms with E-state index in [1.165, 1.54) is 0 Å². The van der Waals surface area contributed by atoms with Crippen LogP contribution in [0.25, 0.3) is 10.9 Å². The molecule has 0 spiro atoms. The second-order valence-corrected chi connectivity index (χ2v) is 5.08. The average Bonchev–Trinajstić information content (AvgIpc) is 2.36. The summed E-state index contributed by atoms with van der Waals surface area (Å²) in [7, 11) is 4.04. The van der Waals surface area contributed by atoms with Crippen LogP contribution >= 0.6 is 0 Å². The van der Waals surface area contributed by atoms with Crippen molar-refractivity contribution >= 4 is 16.6 Å². The molecule has 0 aliphatic carbocycles. The third-order valence-electron chi connectivity index (χ3n) is 2.87. The second kappa shape index (κ2) is 5.45. The van der Waals surface area contributed by atoms with Crippen molar-refractivity contribution in [2.75, 3.05) is 19.0 Å². The number of fused-ring (bicyclic) bond motifs is 1. The van der Waals surface area contributed by atoms with Crippen molar-refractivity contribution in [2.45, 2.75) is 26.5 Å². The first kappa shape index (κ1) is 13.6. The molecule has 0 saturated carbocycles. The molecule has 0 amide bonds. The normalized spacial score (nSPS) is 11.1. The molecule has 0 aliphatic rings. The topological polar surface area (TPSA) is 51.4 Å². The van der Waals surface area contributed by atoms with Gasteiger partial charge in [-0.15, -0.1) is 0 Å². The monoisotopic (exact) mass is 259 g/mol. The first-order valence-corrected chi connectivity index (χ1v) is 6.49. The SMILES string of the molecule is CC(C)Oc1ccc2nc(CN)cc(N(C)C)c2c1. The zero-order chi connectivity index (χ0) is 14.0. The van der Waals surface area contributed by atoms with Crippen LogP contribution in [0.2, 0.25) is 0 Å². The maximum atomic E-state index is 5.74. The number of nitrogens with zero attached hydrogens (tertiary/aromatic N) is 2. The lowest BCUT2D eigenvalue weighted by Gasteiger charge is -2.18. The summed E-state index contributed by atoms with van der Waals surface area (Å²) in [5.74, 6) is 0.868. The maximum Gasteiger partial charge on any atom is 0.120 e. The Balaban J connectivity index is 2.59. The van der Waals surface area contributed by atoms with E-state index in [-0.39, 0.29) is 6.10 Å². The van der Waals surface area contributed by atoms with Crippen LogP contribution in [0, 0.1) is 0 Å². The van der Waals surface area contributed by atoms with Crippen LogP contribution in [0.3, 0.4) is 0 Å². The van der Waals surface area contributed by atoms with Gasteiger partial charge < -0.3 is 15.4 Å². The Bertz CT molecular complexity index is 579. The van der Waals surface area contributed by atoms with E-state index in [0.29, 0.717) is 6.54 Å². The van der Waals surface area contributed by atoms with Crippen LogP contribution in [0.5, 0.6) is 5.75 Å². The summed E-state index contributed by atoms with van der Waals surface area (Å²) in [6.07, 6.45) is 0.163. The standard InChI is InChI=1S/C15H21N3O/c1-10(2)19-12-5-6-14-13(8-12)15(18(3)4)7-11(9-16)17-14/h5-8,10H,9,16H2,1-4H3. The van der Waals surface area contributed by atoms with Crippen molar-refractivity contribution < 1.29 is 4.74 Å². The summed E-state index contributed by atoms with van der Waals surface area (Å²) in [4.78, 5) is 6.62. The second-order valence-electron chi connectivity index (χ2n) is 5.08. The molecule has 0 aliphatic heterocycles. The Morgan fingerprint density at radius 3 is 2.58 bits per heavy atom. The van der Waals surface area contributed by atoms with E-state index < -0.39 is 0 Å². The van der Waals surface area contributed by atoms with Crippen LogP contribution in [0.15, 0.2) is 24.3 Å². The zero-order valence-electron chi connectivity index (χ0n) is 12.0. The van der Waals surface area contributed by atoms with Gasteiger partial charge in [-0.2, -0.15) is 0 Å². The number of aromatic nitrogens is 1. The highest BCUT2D eigenvalue weighted by Crippen LogP contribution is 2.29. The smallest absolute Gasteiger partial charge is 0.120 e. The molecule has 0 unspecified atom stereocenters. The van der Waals surface area contributed by atoms with Crippen molar-refractivity contribution in [1.29, 1.82) is 0 Å². The average molecular weight is 259 g/mol. The van der Waals surface area contributed by atoms with Gasteiger partial charge in [-0.1, -0.05) is 0 Å². The minimum Gasteiger partial charge on any atom is -0.491 e. The van der Waals surface area contributed by atoms with E-state index in [4.69, 9.17) is 10.5 Å². The van der Waals surface area contributed by atoms with Crippen LogP contribution in [-0.4, -0.2) is 25.2 Å². The predicted octanol–water partition coefficient (Wildman–Crippen LogP) is 2.55. The quantitative estimate of drug-likeness (QED) is 0.916. The fourth-order valence-corrected chi connectivity index (χ4v) is 2.06. The van der Waals surface area contributed by atoms with Gasteiger partial charge in [-0.3, -0.25) is 4.98 Å². The third-order valence-corrected chi connectivity index (χ3v) is 2.87. The molecule has 1 heterocycles. The van der Waals surface area contributed by atoms with Gasteiger partial charge in [0.2, 0.25) is 0 Å². The largest absolute Gasteiger partial charge is 0.491 e. The number of benzene rings is 1. The number of hydrogen-bond acceptors (Lipinski definition) is 4. The van der Waals surface area contributed by atoms with Gasteiger partial charge >= 0.3 is 0 Å². The summed E-state index contributed by atoms with van der Waals surface area (Å²) in [5.41, 5.74) is 8.65. The number of pyridine rings is 1. The summed E-state index contributed by atoms with van der Waals surface area (Å²) < 4.78 is 5.74. The van der Waals surface area contributed by atoms with Crippen LogP contribution < -0.4 is 15.4 Å². The highest BCUT2D eigenvalue weighted by Gasteiger charge is 2.09. The fourth-order valence-electron chi connectivity index (χ4n) is 2.06. The molecule has 4 nitrogen and oxygen atoms in total. The van der Waals surface area contributed by atoms with Crippen molar-refractivity contribution in [3.05, 3.63) is 30.0 Å². The van der Waals surface area contributed by atoms with Gasteiger partial charge in [-0.05, 0) is 38.1 Å². The number of ether oxygens (including phenoxy) is 1. The third kappa shape index (κ3) is 2.96. The summed E-state index contributed by atoms with van der Waals surface area (Å²) in [5, 5.41) is 1.08. The molecule has 2 aromatic rings. The molecule has 0 bridgehead atoms. The van der Waals surface area contributed by atoms with Crippen molar-refractivity contribution in [2.24, 2.45) is 5.73 Å². The summed E-state index contributed by atoms with van der Waals surface area (Å²) in [6, 6.07) is 8.01. The van der Waals surface area contributed by atoms with E-state index in [0.717, 1.165) is 28.0 Å². The van der Waals surface area contributed by atoms with E-state index >= 15 is 0 Å². The molecular weight excluding hydrogens is 238 g/mol. The van der Waals surface area contributed by atoms with Gasteiger partial charge in [0.25, 0.3) is 0 Å². The van der Waals surface area contributed by atoms with Crippen LogP contribution in [0.1, 0.15) is 19.5 Å². The molecule has 0 atom stereocenters. The molecule has 2 rings (SSSR count). The fraction of sp³-hybridized carbons (Fsp3) is 0.400. The highest BCUT2D eigenvalue weighted by molar-refractivity contribution is 5.92. The summed E-state index contributed by atoms with van der Waals surface area (Å²) in [6.45, 7) is 4.49. The Morgan fingerprint density at radius 2 is 2.00 bits per heavy atom. The van der Waals surface area contributed by atoms with Gasteiger partial charge in [-0.25, -0.2) is 0 Å². The minimum atomic E-state index is 0.163. The molecule has 19 heavy (non-hydrogen) atoms. The molecule has 1 aromatic carbocycles. The van der Waals surface area contributed by atoms with Crippen LogP contribution in [0.4, 0.5) is 5.69 Å². The molecule has 0 radical (unpaired) electrons. The Morgan fingerprint density at radius 1 is 1.26 bits per heavy atom. The van der Waals surface area contributed by atoms with Gasteiger partial charge in [0.05, 0.1) is 17.3 Å². The number of anilines is 1. The minimum absolute atomic E-state index is 0.163. The van der Waals surface area contributed by atoms with Crippen molar-refractivity contribution in [3.8, 4) is 5.75 Å². The van der Waals surface area contributed by atoms with E-state index in [1.54, 1.807) is 0 Å². The number of rotatable bonds is 4. The Labute approximate surface area is 114 Å². The summed E-state index contributed by atoms with van der Waals surface area (Å²) >= 11 is 0. The Kier molecular flexibility index (Phi) is 3.90. The number of nitrogens with two attached hydrogens (primary N) is 1. The molecule has 0 fully saturated rings. The molecule has 2 N–H and O–H groups in total. The van der Waals surface area contributed by atoms with E-state index in [9.17, 15) is 0 Å². The van der Waals surface area contributed by atoms with E-state index in [2.05, 4.69) is 9.88 Å². The first-order valence-electron chi connectivity index (χ1n) is 6.49. The van der Waals surface area contributed by atoms with Gasteiger partial charge in [0.1, 0.15) is 5.75 Å². The molecule has 4 heteroatoms. The number of hydrogen-bond donors (Lipinski definition) is 1. The molecule has 102 valence electrons. The highest BCUT2D eigenvalue weighted by atomic mass is 16.5. The van der Waals surface area contributed by atoms with E-state index in [1.807, 2.05) is 52.2 Å². The van der Waals surface area contributed by atoms with Gasteiger partial charge in [0, 0.05) is 31.7 Å². The molecule has 0 saturated heterocycles. The Hall–Kier alpha value is -1.81. The lowest BCUT2D eigenvalue weighted by Crippen LogP contribution is -2.12. The first-order chi connectivity index (χ1) is 9.01.